The number of benzene rings is 2. The number of nitrogens with zero attached hydrogens (tertiary/aromatic N) is 1. The van der Waals surface area contributed by atoms with Crippen molar-refractivity contribution in [2.75, 3.05) is 14.1 Å². The van der Waals surface area contributed by atoms with Gasteiger partial charge in [-0.3, -0.25) is 9.59 Å². The molecule has 0 fully saturated rings. The summed E-state index contributed by atoms with van der Waals surface area (Å²) in [5, 5.41) is 2.82. The van der Waals surface area contributed by atoms with Gasteiger partial charge in [0.2, 0.25) is 5.91 Å². The van der Waals surface area contributed by atoms with Gasteiger partial charge in [-0.1, -0.05) is 42.0 Å². The lowest BCUT2D eigenvalue weighted by molar-refractivity contribution is -0.122. The molecule has 0 spiro atoms. The van der Waals surface area contributed by atoms with E-state index in [1.54, 1.807) is 26.2 Å². The van der Waals surface area contributed by atoms with Crippen LogP contribution in [0.1, 0.15) is 33.1 Å². The van der Waals surface area contributed by atoms with Crippen LogP contribution in [-0.2, 0) is 11.3 Å². The second kappa shape index (κ2) is 9.20. The Morgan fingerprint density at radius 3 is 2.12 bits per heavy atom. The van der Waals surface area contributed by atoms with Crippen LogP contribution in [0.25, 0.3) is 0 Å². The maximum atomic E-state index is 12.2. The van der Waals surface area contributed by atoms with Crippen LogP contribution in [0, 0.1) is 6.92 Å². The van der Waals surface area contributed by atoms with Gasteiger partial charge in [0.1, 0.15) is 6.04 Å². The van der Waals surface area contributed by atoms with Crippen molar-refractivity contribution in [2.45, 2.75) is 19.5 Å². The SMILES string of the molecule is Cc1ccc(C(N)C(=O)NCc2ccc(C(=O)N(C)C)cc2)cc1.Cl. The van der Waals surface area contributed by atoms with Gasteiger partial charge >= 0.3 is 0 Å². The number of aryl methyl sites for hydroxylation is 1. The first kappa shape index (κ1) is 20.7. The average molecular weight is 362 g/mol. The number of carbonyl (C=O) groups is 2. The van der Waals surface area contributed by atoms with Gasteiger partial charge in [-0.05, 0) is 30.2 Å². The Kier molecular flexibility index (Phi) is 7.61. The molecule has 0 aliphatic carbocycles. The number of carbonyl (C=O) groups excluding carboxylic acids is 2. The van der Waals surface area contributed by atoms with Gasteiger partial charge in [0, 0.05) is 26.2 Å². The lowest BCUT2D eigenvalue weighted by Crippen LogP contribution is -2.33. The van der Waals surface area contributed by atoms with Gasteiger partial charge in [0.25, 0.3) is 5.91 Å². The summed E-state index contributed by atoms with van der Waals surface area (Å²) in [7, 11) is 3.42. The summed E-state index contributed by atoms with van der Waals surface area (Å²) in [6, 6.07) is 14.1. The Morgan fingerprint density at radius 1 is 1.04 bits per heavy atom. The third-order valence-corrected chi connectivity index (χ3v) is 3.79. The van der Waals surface area contributed by atoms with Crippen LogP contribution in [0.15, 0.2) is 48.5 Å². The Balaban J connectivity index is 0.00000312. The number of rotatable bonds is 5. The van der Waals surface area contributed by atoms with E-state index < -0.39 is 6.04 Å². The monoisotopic (exact) mass is 361 g/mol. The molecule has 0 aromatic heterocycles. The molecule has 2 rings (SSSR count). The molecule has 1 unspecified atom stereocenters. The highest BCUT2D eigenvalue weighted by molar-refractivity contribution is 5.93. The second-order valence-corrected chi connectivity index (χ2v) is 6.00. The predicted molar refractivity (Wildman–Crippen MR) is 102 cm³/mol. The van der Waals surface area contributed by atoms with Crippen LogP contribution in [0.3, 0.4) is 0 Å². The van der Waals surface area contributed by atoms with Gasteiger partial charge in [-0.15, -0.1) is 12.4 Å². The van der Waals surface area contributed by atoms with Gasteiger partial charge in [0.15, 0.2) is 0 Å². The first-order chi connectivity index (χ1) is 11.4. The molecule has 0 saturated heterocycles. The first-order valence-corrected chi connectivity index (χ1v) is 7.79. The topological polar surface area (TPSA) is 75.4 Å². The minimum Gasteiger partial charge on any atom is -0.350 e. The summed E-state index contributed by atoms with van der Waals surface area (Å²) >= 11 is 0. The van der Waals surface area contributed by atoms with Crippen molar-refractivity contribution in [3.63, 3.8) is 0 Å². The quantitative estimate of drug-likeness (QED) is 0.858. The number of nitrogens with one attached hydrogen (secondary N) is 1. The summed E-state index contributed by atoms with van der Waals surface area (Å²) in [5.41, 5.74) is 9.42. The van der Waals surface area contributed by atoms with Gasteiger partial charge in [-0.2, -0.15) is 0 Å². The lowest BCUT2D eigenvalue weighted by atomic mass is 10.1. The molecule has 134 valence electrons. The Morgan fingerprint density at radius 2 is 1.60 bits per heavy atom. The van der Waals surface area contributed by atoms with E-state index in [0.29, 0.717) is 12.1 Å². The van der Waals surface area contributed by atoms with Crippen LogP contribution >= 0.6 is 12.4 Å². The third-order valence-electron chi connectivity index (χ3n) is 3.79. The largest absolute Gasteiger partial charge is 0.350 e. The van der Waals surface area contributed by atoms with Crippen molar-refractivity contribution in [3.8, 4) is 0 Å². The zero-order valence-electron chi connectivity index (χ0n) is 14.7. The average Bonchev–Trinajstić information content (AvgIpc) is 2.59. The Labute approximate surface area is 154 Å². The standard InChI is InChI=1S/C19H23N3O2.ClH/c1-13-4-8-15(9-5-13)17(20)18(23)21-12-14-6-10-16(11-7-14)19(24)22(2)3;/h4-11,17H,12,20H2,1-3H3,(H,21,23);1H. The van der Waals surface area contributed by atoms with E-state index >= 15 is 0 Å². The molecule has 6 heteroatoms. The lowest BCUT2D eigenvalue weighted by Gasteiger charge is -2.13. The molecule has 2 amide bonds. The molecular weight excluding hydrogens is 338 g/mol. The minimum absolute atomic E-state index is 0. The molecule has 3 N–H and O–H groups in total. The predicted octanol–water partition coefficient (Wildman–Crippen LogP) is 2.43. The highest BCUT2D eigenvalue weighted by Gasteiger charge is 2.15. The smallest absolute Gasteiger partial charge is 0.253 e. The van der Waals surface area contributed by atoms with Crippen LogP contribution in [-0.4, -0.2) is 30.8 Å². The van der Waals surface area contributed by atoms with Crippen molar-refractivity contribution in [2.24, 2.45) is 5.73 Å². The molecule has 5 nitrogen and oxygen atoms in total. The maximum Gasteiger partial charge on any atom is 0.253 e. The van der Waals surface area contributed by atoms with E-state index in [-0.39, 0.29) is 24.2 Å². The minimum atomic E-state index is -0.694. The molecule has 25 heavy (non-hydrogen) atoms. The molecular formula is C19H24ClN3O2. The van der Waals surface area contributed by atoms with Gasteiger partial charge < -0.3 is 16.0 Å². The molecule has 2 aromatic rings. The van der Waals surface area contributed by atoms with Crippen molar-refractivity contribution in [1.29, 1.82) is 0 Å². The Bertz CT molecular complexity index is 712. The molecule has 0 heterocycles. The molecule has 1 atom stereocenters. The van der Waals surface area contributed by atoms with E-state index in [2.05, 4.69) is 5.32 Å². The van der Waals surface area contributed by atoms with Crippen molar-refractivity contribution in [3.05, 3.63) is 70.8 Å². The number of nitrogens with two attached hydrogens (primary N) is 1. The fraction of sp³-hybridized carbons (Fsp3) is 0.263. The molecule has 0 bridgehead atoms. The summed E-state index contributed by atoms with van der Waals surface area (Å²) < 4.78 is 0. The van der Waals surface area contributed by atoms with Crippen molar-refractivity contribution < 1.29 is 9.59 Å². The van der Waals surface area contributed by atoms with Crippen LogP contribution in [0.2, 0.25) is 0 Å². The van der Waals surface area contributed by atoms with E-state index in [4.69, 9.17) is 5.73 Å². The third kappa shape index (κ3) is 5.59. The van der Waals surface area contributed by atoms with Gasteiger partial charge in [0.05, 0.1) is 0 Å². The van der Waals surface area contributed by atoms with Crippen molar-refractivity contribution >= 4 is 24.2 Å². The number of halogens is 1. The van der Waals surface area contributed by atoms with E-state index in [1.165, 1.54) is 4.90 Å². The van der Waals surface area contributed by atoms with Crippen LogP contribution < -0.4 is 11.1 Å². The number of hydrogen-bond acceptors (Lipinski definition) is 3. The number of amides is 2. The normalized spacial score (nSPS) is 11.2. The zero-order valence-corrected chi connectivity index (χ0v) is 15.5. The fourth-order valence-corrected chi connectivity index (χ4v) is 2.25. The van der Waals surface area contributed by atoms with Crippen molar-refractivity contribution in [1.82, 2.24) is 10.2 Å². The zero-order chi connectivity index (χ0) is 17.7. The molecule has 0 aliphatic rings. The van der Waals surface area contributed by atoms with E-state index in [1.807, 2.05) is 43.3 Å². The summed E-state index contributed by atoms with van der Waals surface area (Å²) in [6.45, 7) is 2.36. The second-order valence-electron chi connectivity index (χ2n) is 6.00. The fourth-order valence-electron chi connectivity index (χ4n) is 2.25. The Hall–Kier alpha value is -2.37. The highest BCUT2D eigenvalue weighted by atomic mass is 35.5. The van der Waals surface area contributed by atoms with Gasteiger partial charge in [-0.25, -0.2) is 0 Å². The highest BCUT2D eigenvalue weighted by Crippen LogP contribution is 2.12. The molecule has 2 aromatic carbocycles. The van der Waals surface area contributed by atoms with Crippen LogP contribution in [0.5, 0.6) is 0 Å². The number of hydrogen-bond donors (Lipinski definition) is 2. The van der Waals surface area contributed by atoms with E-state index in [0.717, 1.165) is 16.7 Å². The summed E-state index contributed by atoms with van der Waals surface area (Å²) in [4.78, 5) is 25.5. The first-order valence-electron chi connectivity index (χ1n) is 7.79. The summed E-state index contributed by atoms with van der Waals surface area (Å²) in [6.07, 6.45) is 0. The molecule has 0 aliphatic heterocycles. The summed E-state index contributed by atoms with van der Waals surface area (Å²) in [5.74, 6) is -0.278. The van der Waals surface area contributed by atoms with E-state index in [9.17, 15) is 9.59 Å². The molecule has 0 saturated carbocycles. The maximum absolute atomic E-state index is 12.2. The molecule has 0 radical (unpaired) electrons. The van der Waals surface area contributed by atoms with Crippen LogP contribution in [0.4, 0.5) is 0 Å².